The van der Waals surface area contributed by atoms with Gasteiger partial charge in [0.1, 0.15) is 17.9 Å². The first kappa shape index (κ1) is 25.8. The molecule has 1 amide bonds. The van der Waals surface area contributed by atoms with E-state index in [0.717, 1.165) is 38.8 Å². The number of carboxylic acid groups (broad SMARTS) is 1. The molecule has 0 spiro atoms. The average Bonchev–Trinajstić information content (AvgIpc) is 3.36. The number of nitrogens with two attached hydrogens (primary N) is 1. The zero-order valence-corrected chi connectivity index (χ0v) is 20.8. The maximum atomic E-state index is 11.9. The predicted molar refractivity (Wildman–Crippen MR) is 140 cm³/mol. The van der Waals surface area contributed by atoms with Gasteiger partial charge in [0.05, 0.1) is 25.3 Å². The van der Waals surface area contributed by atoms with E-state index in [0.29, 0.717) is 17.9 Å². The Morgan fingerprint density at radius 1 is 1.08 bits per heavy atom. The zero-order chi connectivity index (χ0) is 26.4. The van der Waals surface area contributed by atoms with E-state index in [1.165, 1.54) is 0 Å². The van der Waals surface area contributed by atoms with Crippen molar-refractivity contribution in [2.24, 2.45) is 5.73 Å². The van der Waals surface area contributed by atoms with Crippen molar-refractivity contribution >= 4 is 23.0 Å². The molecule has 0 saturated carbocycles. The second-order valence-electron chi connectivity index (χ2n) is 8.70. The Morgan fingerprint density at radius 3 is 2.68 bits per heavy atom. The number of fused-ring (bicyclic) bond motifs is 1. The summed E-state index contributed by atoms with van der Waals surface area (Å²) < 4.78 is 16.9. The minimum Gasteiger partial charge on any atom is -0.489 e. The van der Waals surface area contributed by atoms with Crippen LogP contribution in [0, 0.1) is 0 Å². The van der Waals surface area contributed by atoms with Gasteiger partial charge < -0.3 is 30.0 Å². The van der Waals surface area contributed by atoms with E-state index in [1.807, 2.05) is 49.4 Å². The summed E-state index contributed by atoms with van der Waals surface area (Å²) in [6.45, 7) is 4.47. The molecule has 1 heterocycles. The highest BCUT2D eigenvalue weighted by Gasteiger charge is 2.16. The summed E-state index contributed by atoms with van der Waals surface area (Å²) in [6, 6.07) is 18.8. The lowest BCUT2D eigenvalue weighted by molar-refractivity contribution is -0.136. The number of hydrogen-bond acceptors (Lipinski definition) is 6. The number of hydrogen-bond donors (Lipinski definition) is 3. The van der Waals surface area contributed by atoms with Crippen LogP contribution in [0.3, 0.4) is 0 Å². The first-order valence-electron chi connectivity index (χ1n) is 12.1. The third-order valence-electron chi connectivity index (χ3n) is 6.02. The lowest BCUT2D eigenvalue weighted by Crippen LogP contribution is -2.27. The maximum absolute atomic E-state index is 11.9. The third kappa shape index (κ3) is 6.29. The molecular weight excluding hydrogens is 472 g/mol. The van der Waals surface area contributed by atoms with Gasteiger partial charge in [-0.2, -0.15) is 0 Å². The van der Waals surface area contributed by atoms with Crippen LogP contribution in [0.5, 0.6) is 5.75 Å². The summed E-state index contributed by atoms with van der Waals surface area (Å²) in [5.41, 5.74) is 11.7. The molecule has 0 aliphatic carbocycles. The zero-order valence-electron chi connectivity index (χ0n) is 20.8. The second-order valence-corrected chi connectivity index (χ2v) is 8.70. The molecule has 4 aromatic rings. The molecule has 1 atom stereocenters. The van der Waals surface area contributed by atoms with Crippen LogP contribution in [0.2, 0.25) is 0 Å². The van der Waals surface area contributed by atoms with Crippen LogP contribution < -0.4 is 15.8 Å². The Kier molecular flexibility index (Phi) is 8.10. The van der Waals surface area contributed by atoms with Crippen molar-refractivity contribution in [3.05, 3.63) is 89.2 Å². The SMILES string of the molecule is CCOC(=O)NC(C)c1ccc(CC(=O)O)c(OCc2cc(-c3cccc(CN)c3)c3occc3c2)c1. The molecule has 8 heteroatoms. The molecule has 1 aromatic heterocycles. The first-order valence-corrected chi connectivity index (χ1v) is 12.1. The molecule has 37 heavy (non-hydrogen) atoms. The van der Waals surface area contributed by atoms with E-state index in [1.54, 1.807) is 31.4 Å². The van der Waals surface area contributed by atoms with E-state index in [4.69, 9.17) is 19.6 Å². The molecule has 192 valence electrons. The van der Waals surface area contributed by atoms with Crippen LogP contribution in [0.15, 0.2) is 71.3 Å². The fraction of sp³-hybridized carbons (Fsp3) is 0.241. The van der Waals surface area contributed by atoms with Crippen LogP contribution in [0.25, 0.3) is 22.1 Å². The van der Waals surface area contributed by atoms with Crippen molar-refractivity contribution in [1.82, 2.24) is 5.32 Å². The number of carbonyl (C=O) groups excluding carboxylic acids is 1. The summed E-state index contributed by atoms with van der Waals surface area (Å²) in [6.07, 6.45) is 0.942. The van der Waals surface area contributed by atoms with Crippen molar-refractivity contribution in [1.29, 1.82) is 0 Å². The number of alkyl carbamates (subject to hydrolysis) is 1. The molecule has 0 aliphatic heterocycles. The van der Waals surface area contributed by atoms with Gasteiger partial charge in [-0.1, -0.05) is 30.3 Å². The van der Waals surface area contributed by atoms with E-state index in [9.17, 15) is 14.7 Å². The Balaban J connectivity index is 1.63. The average molecular weight is 503 g/mol. The quantitative estimate of drug-likeness (QED) is 0.259. The summed E-state index contributed by atoms with van der Waals surface area (Å²) in [5.74, 6) is -0.520. The number of benzene rings is 3. The van der Waals surface area contributed by atoms with Gasteiger partial charge in [-0.25, -0.2) is 4.79 Å². The molecular formula is C29H30N2O6. The fourth-order valence-electron chi connectivity index (χ4n) is 4.19. The number of carboxylic acids is 1. The van der Waals surface area contributed by atoms with Gasteiger partial charge in [0.15, 0.2) is 0 Å². The molecule has 0 fully saturated rings. The Hall–Kier alpha value is -4.30. The first-order chi connectivity index (χ1) is 17.9. The Labute approximate surface area is 215 Å². The number of carbonyl (C=O) groups is 2. The van der Waals surface area contributed by atoms with E-state index >= 15 is 0 Å². The number of amides is 1. The number of rotatable bonds is 10. The van der Waals surface area contributed by atoms with Gasteiger partial charge >= 0.3 is 12.1 Å². The van der Waals surface area contributed by atoms with Gasteiger partial charge in [0.25, 0.3) is 0 Å². The van der Waals surface area contributed by atoms with Gasteiger partial charge in [-0.05, 0) is 66.4 Å². The molecule has 4 N–H and O–H groups in total. The second kappa shape index (κ2) is 11.6. The topological polar surface area (TPSA) is 124 Å². The number of nitrogens with one attached hydrogen (secondary N) is 1. The predicted octanol–water partition coefficient (Wildman–Crippen LogP) is 5.57. The van der Waals surface area contributed by atoms with Gasteiger partial charge in [-0.15, -0.1) is 0 Å². The maximum Gasteiger partial charge on any atom is 0.407 e. The normalized spacial score (nSPS) is 11.8. The summed E-state index contributed by atoms with van der Waals surface area (Å²) >= 11 is 0. The molecule has 0 radical (unpaired) electrons. The molecule has 0 aliphatic rings. The molecule has 0 bridgehead atoms. The highest BCUT2D eigenvalue weighted by molar-refractivity contribution is 5.93. The van der Waals surface area contributed by atoms with Crippen molar-refractivity contribution in [3.8, 4) is 16.9 Å². The summed E-state index contributed by atoms with van der Waals surface area (Å²) in [5, 5.41) is 13.1. The minimum absolute atomic E-state index is 0.187. The van der Waals surface area contributed by atoms with Crippen LogP contribution in [-0.4, -0.2) is 23.8 Å². The van der Waals surface area contributed by atoms with Crippen LogP contribution in [0.1, 0.15) is 42.1 Å². The van der Waals surface area contributed by atoms with E-state index < -0.39 is 12.1 Å². The summed E-state index contributed by atoms with van der Waals surface area (Å²) in [7, 11) is 0. The standard InChI is InChI=1S/C29H30N2O6/c1-3-35-29(34)31-18(2)21-7-8-23(15-27(32)33)26(14-21)37-17-20-12-24-9-10-36-28(24)25(13-20)22-6-4-5-19(11-22)16-30/h4-14,18H,3,15-17,30H2,1-2H3,(H,31,34)(H,32,33). The van der Waals surface area contributed by atoms with E-state index in [-0.39, 0.29) is 25.7 Å². The smallest absolute Gasteiger partial charge is 0.407 e. The fourth-order valence-corrected chi connectivity index (χ4v) is 4.19. The molecule has 0 saturated heterocycles. The molecule has 1 unspecified atom stereocenters. The van der Waals surface area contributed by atoms with Crippen molar-refractivity contribution < 1.29 is 28.6 Å². The van der Waals surface area contributed by atoms with Crippen molar-refractivity contribution in [2.45, 2.75) is 39.5 Å². The minimum atomic E-state index is -0.961. The van der Waals surface area contributed by atoms with Crippen LogP contribution in [-0.2, 0) is 29.1 Å². The van der Waals surface area contributed by atoms with Crippen LogP contribution in [0.4, 0.5) is 4.79 Å². The molecule has 4 rings (SSSR count). The van der Waals surface area contributed by atoms with Gasteiger partial charge in [0.2, 0.25) is 0 Å². The van der Waals surface area contributed by atoms with Crippen molar-refractivity contribution in [3.63, 3.8) is 0 Å². The Bertz CT molecular complexity index is 1410. The van der Waals surface area contributed by atoms with Gasteiger partial charge in [-0.3, -0.25) is 4.79 Å². The molecule has 8 nitrogen and oxygen atoms in total. The third-order valence-corrected chi connectivity index (χ3v) is 6.02. The lowest BCUT2D eigenvalue weighted by Gasteiger charge is -2.17. The van der Waals surface area contributed by atoms with Crippen LogP contribution >= 0.6 is 0 Å². The monoisotopic (exact) mass is 502 g/mol. The lowest BCUT2D eigenvalue weighted by atomic mass is 9.99. The highest BCUT2D eigenvalue weighted by Crippen LogP contribution is 2.33. The molecule has 3 aromatic carbocycles. The summed E-state index contributed by atoms with van der Waals surface area (Å²) in [4.78, 5) is 23.3. The van der Waals surface area contributed by atoms with Crippen molar-refractivity contribution in [2.75, 3.05) is 6.61 Å². The number of ether oxygens (including phenoxy) is 2. The number of aliphatic carboxylic acids is 1. The largest absolute Gasteiger partial charge is 0.489 e. The highest BCUT2D eigenvalue weighted by atomic mass is 16.5. The Morgan fingerprint density at radius 2 is 1.92 bits per heavy atom. The number of furan rings is 1. The van der Waals surface area contributed by atoms with E-state index in [2.05, 4.69) is 5.32 Å². The van der Waals surface area contributed by atoms with Gasteiger partial charge in [0, 0.05) is 23.1 Å².